The summed E-state index contributed by atoms with van der Waals surface area (Å²) in [5.41, 5.74) is 10.5. The maximum atomic E-state index is 10.8. The summed E-state index contributed by atoms with van der Waals surface area (Å²) in [4.78, 5) is 0. The van der Waals surface area contributed by atoms with E-state index in [4.69, 9.17) is 0 Å². The molecular formula is C44H25N5. The van der Waals surface area contributed by atoms with Gasteiger partial charge in [-0.15, -0.1) is 0 Å². The Morgan fingerprint density at radius 2 is 0.918 bits per heavy atom. The summed E-state index contributed by atoms with van der Waals surface area (Å²) in [6.07, 6.45) is 0. The van der Waals surface area contributed by atoms with Gasteiger partial charge >= 0.3 is 0 Å². The molecule has 0 amide bonds. The minimum Gasteiger partial charge on any atom is -0.309 e. The molecule has 3 heterocycles. The van der Waals surface area contributed by atoms with E-state index in [-0.39, 0.29) is 0 Å². The van der Waals surface area contributed by atoms with Crippen LogP contribution < -0.4 is 0 Å². The Labute approximate surface area is 280 Å². The molecule has 3 aromatic heterocycles. The van der Waals surface area contributed by atoms with Gasteiger partial charge in [0.1, 0.15) is 6.07 Å². The van der Waals surface area contributed by atoms with Crippen molar-refractivity contribution in [2.75, 3.05) is 0 Å². The normalized spacial score (nSPS) is 11.6. The number of rotatable bonds is 3. The molecule has 10 rings (SSSR count). The van der Waals surface area contributed by atoms with E-state index in [0.29, 0.717) is 11.1 Å². The minimum absolute atomic E-state index is 0.605. The number of fused-ring (bicyclic) bond motifs is 11. The Bertz CT molecular complexity index is 3040. The van der Waals surface area contributed by atoms with E-state index < -0.39 is 0 Å². The molecule has 0 bridgehead atoms. The molecule has 0 fully saturated rings. The van der Waals surface area contributed by atoms with Gasteiger partial charge in [-0.3, -0.25) is 0 Å². The van der Waals surface area contributed by atoms with Crippen LogP contribution in [0.5, 0.6) is 0 Å². The van der Waals surface area contributed by atoms with Crippen molar-refractivity contribution >= 4 is 65.4 Å². The summed E-state index contributed by atoms with van der Waals surface area (Å²) in [5, 5.41) is 26.9. The molecule has 0 unspecified atom stereocenters. The first-order valence-electron chi connectivity index (χ1n) is 16.2. The van der Waals surface area contributed by atoms with Crippen molar-refractivity contribution in [1.29, 1.82) is 10.5 Å². The zero-order chi connectivity index (χ0) is 32.6. The fourth-order valence-electron chi connectivity index (χ4n) is 7.92. The van der Waals surface area contributed by atoms with Gasteiger partial charge in [-0.05, 0) is 72.8 Å². The minimum atomic E-state index is 0.605. The first-order chi connectivity index (χ1) is 24.3. The Morgan fingerprint density at radius 3 is 1.57 bits per heavy atom. The van der Waals surface area contributed by atoms with Crippen molar-refractivity contribution in [1.82, 2.24) is 13.7 Å². The summed E-state index contributed by atoms with van der Waals surface area (Å²) in [6.45, 7) is 0. The number of nitrogens with zero attached hydrogens (tertiary/aromatic N) is 5. The molecule has 0 radical (unpaired) electrons. The van der Waals surface area contributed by atoms with E-state index in [1.807, 2.05) is 48.5 Å². The van der Waals surface area contributed by atoms with Crippen molar-refractivity contribution in [2.24, 2.45) is 0 Å². The molecule has 0 aliphatic heterocycles. The van der Waals surface area contributed by atoms with Crippen LogP contribution in [0.1, 0.15) is 11.1 Å². The van der Waals surface area contributed by atoms with Crippen LogP contribution in [0, 0.1) is 22.7 Å². The van der Waals surface area contributed by atoms with Crippen LogP contribution in [0.2, 0.25) is 0 Å². The number of aromatic nitrogens is 3. The van der Waals surface area contributed by atoms with Crippen LogP contribution >= 0.6 is 0 Å². The number of para-hydroxylation sites is 4. The van der Waals surface area contributed by atoms with Gasteiger partial charge in [0.15, 0.2) is 0 Å². The van der Waals surface area contributed by atoms with Crippen LogP contribution in [0.3, 0.4) is 0 Å². The lowest BCUT2D eigenvalue weighted by molar-refractivity contribution is 1.17. The van der Waals surface area contributed by atoms with Crippen LogP contribution in [-0.4, -0.2) is 13.7 Å². The Hall–Kier alpha value is -7.08. The van der Waals surface area contributed by atoms with E-state index >= 15 is 0 Å². The third-order valence-corrected chi connectivity index (χ3v) is 9.86. The summed E-state index contributed by atoms with van der Waals surface area (Å²) in [5.74, 6) is 0. The first kappa shape index (κ1) is 27.1. The highest BCUT2D eigenvalue weighted by Crippen LogP contribution is 2.47. The molecule has 0 aliphatic rings. The van der Waals surface area contributed by atoms with E-state index in [1.54, 1.807) is 0 Å². The fraction of sp³-hybridized carbons (Fsp3) is 0. The van der Waals surface area contributed by atoms with Gasteiger partial charge in [0.2, 0.25) is 0 Å². The highest BCUT2D eigenvalue weighted by Gasteiger charge is 2.26. The highest BCUT2D eigenvalue weighted by atomic mass is 15.0. The van der Waals surface area contributed by atoms with Gasteiger partial charge in [-0.25, -0.2) is 0 Å². The molecule has 0 saturated carbocycles. The van der Waals surface area contributed by atoms with Crippen molar-refractivity contribution in [3.63, 3.8) is 0 Å². The summed E-state index contributed by atoms with van der Waals surface area (Å²) >= 11 is 0. The molecule has 7 aromatic carbocycles. The van der Waals surface area contributed by atoms with Crippen molar-refractivity contribution in [3.8, 4) is 29.2 Å². The second-order valence-corrected chi connectivity index (χ2v) is 12.4. The lowest BCUT2D eigenvalue weighted by Gasteiger charge is -2.12. The Balaban J connectivity index is 1.51. The fourth-order valence-corrected chi connectivity index (χ4v) is 7.92. The molecule has 5 heteroatoms. The predicted molar refractivity (Wildman–Crippen MR) is 199 cm³/mol. The third-order valence-electron chi connectivity index (χ3n) is 9.86. The molecule has 0 saturated heterocycles. The molecule has 10 aromatic rings. The zero-order valence-corrected chi connectivity index (χ0v) is 26.2. The van der Waals surface area contributed by atoms with E-state index in [2.05, 4.69) is 129 Å². The summed E-state index contributed by atoms with van der Waals surface area (Å²) in [7, 11) is 0. The van der Waals surface area contributed by atoms with Gasteiger partial charge in [-0.1, -0.05) is 78.9 Å². The van der Waals surface area contributed by atoms with Crippen molar-refractivity contribution in [3.05, 3.63) is 163 Å². The molecule has 49 heavy (non-hydrogen) atoms. The van der Waals surface area contributed by atoms with Crippen LogP contribution in [0.15, 0.2) is 152 Å². The van der Waals surface area contributed by atoms with Crippen molar-refractivity contribution in [2.45, 2.75) is 0 Å². The van der Waals surface area contributed by atoms with Crippen LogP contribution in [0.4, 0.5) is 0 Å². The zero-order valence-electron chi connectivity index (χ0n) is 26.2. The smallest absolute Gasteiger partial charge is 0.101 e. The largest absolute Gasteiger partial charge is 0.309 e. The SMILES string of the molecule is N#Cc1ccc(-n2c3c(ccc4c3c3ccccc3n4-c3ccccc3)c3cc(C#N)c4c(c5ccccc5n4-c4ccccc4)c32)cc1. The quantitative estimate of drug-likeness (QED) is 0.197. The summed E-state index contributed by atoms with van der Waals surface area (Å²) < 4.78 is 6.92. The van der Waals surface area contributed by atoms with Crippen LogP contribution in [0.25, 0.3) is 82.5 Å². The maximum Gasteiger partial charge on any atom is 0.101 e. The molecular weight excluding hydrogens is 599 g/mol. The average molecular weight is 624 g/mol. The number of hydrogen-bond donors (Lipinski definition) is 0. The molecule has 0 spiro atoms. The molecule has 0 atom stereocenters. The standard InChI is InChI=1S/C44H25N5/c45-26-28-19-21-32(22-20-28)49-43-33(23-24-39-40(43)34-15-7-9-17-37(34)47(39)30-11-3-1-4-12-30)36-25-29(27-46)42-41(44(36)49)35-16-8-10-18-38(35)48(42)31-13-5-2-6-14-31/h1-25H. The maximum absolute atomic E-state index is 10.8. The molecule has 0 aliphatic carbocycles. The van der Waals surface area contributed by atoms with E-state index in [9.17, 15) is 10.5 Å². The predicted octanol–water partition coefficient (Wildman–Crippen LogP) is 10.7. The van der Waals surface area contributed by atoms with Gasteiger partial charge < -0.3 is 13.7 Å². The summed E-state index contributed by atoms with van der Waals surface area (Å²) in [6, 6.07) is 57.0. The lowest BCUT2D eigenvalue weighted by Crippen LogP contribution is -1.97. The second-order valence-electron chi connectivity index (χ2n) is 12.4. The lowest BCUT2D eigenvalue weighted by atomic mass is 10.0. The number of nitriles is 2. The van der Waals surface area contributed by atoms with Gasteiger partial charge in [0.25, 0.3) is 0 Å². The van der Waals surface area contributed by atoms with Gasteiger partial charge in [0, 0.05) is 49.4 Å². The van der Waals surface area contributed by atoms with Gasteiger partial charge in [-0.2, -0.15) is 10.5 Å². The topological polar surface area (TPSA) is 62.4 Å². The molecule has 0 N–H and O–H groups in total. The average Bonchev–Trinajstić information content (AvgIpc) is 3.81. The number of hydrogen-bond acceptors (Lipinski definition) is 2. The number of benzene rings is 7. The van der Waals surface area contributed by atoms with E-state index in [1.165, 1.54) is 0 Å². The second kappa shape index (κ2) is 10.2. The van der Waals surface area contributed by atoms with Crippen LogP contribution in [-0.2, 0) is 0 Å². The first-order valence-corrected chi connectivity index (χ1v) is 16.2. The van der Waals surface area contributed by atoms with Crippen molar-refractivity contribution < 1.29 is 0 Å². The Kier molecular flexibility index (Phi) is 5.64. The van der Waals surface area contributed by atoms with E-state index in [0.717, 1.165) is 82.5 Å². The Morgan fingerprint density at radius 1 is 0.367 bits per heavy atom. The van der Waals surface area contributed by atoms with Gasteiger partial charge in [0.05, 0.1) is 50.3 Å². The molecule has 5 nitrogen and oxygen atoms in total. The monoisotopic (exact) mass is 623 g/mol. The third kappa shape index (κ3) is 3.67. The highest BCUT2D eigenvalue weighted by molar-refractivity contribution is 6.32. The molecule has 226 valence electrons.